The Morgan fingerprint density at radius 3 is 2.79 bits per heavy atom. The molecule has 0 atom stereocenters. The van der Waals surface area contributed by atoms with Crippen molar-refractivity contribution >= 4 is 17.7 Å². The van der Waals surface area contributed by atoms with Crippen LogP contribution in [0.4, 0.5) is 0 Å². The summed E-state index contributed by atoms with van der Waals surface area (Å²) in [7, 11) is 0. The summed E-state index contributed by atoms with van der Waals surface area (Å²) in [6, 6.07) is 3.85. The lowest BCUT2D eigenvalue weighted by atomic mass is 10.1. The predicted octanol–water partition coefficient (Wildman–Crippen LogP) is 2.90. The third-order valence-corrected chi connectivity index (χ3v) is 5.57. The molecular weight excluding hydrogens is 324 g/mol. The largest absolute Gasteiger partial charge is 0.467 e. The van der Waals surface area contributed by atoms with Crippen molar-refractivity contribution in [1.29, 1.82) is 0 Å². The fraction of sp³-hybridized carbons (Fsp3) is 0.588. The van der Waals surface area contributed by atoms with Crippen LogP contribution in [0.1, 0.15) is 49.6 Å². The van der Waals surface area contributed by atoms with E-state index in [2.05, 4.69) is 14.8 Å². The van der Waals surface area contributed by atoms with Crippen molar-refractivity contribution in [3.05, 3.63) is 30.0 Å². The van der Waals surface area contributed by atoms with E-state index in [-0.39, 0.29) is 5.91 Å². The second-order valence-corrected chi connectivity index (χ2v) is 7.45. The second-order valence-electron chi connectivity index (χ2n) is 6.51. The van der Waals surface area contributed by atoms with E-state index in [0.717, 1.165) is 42.7 Å². The van der Waals surface area contributed by atoms with Crippen molar-refractivity contribution in [2.75, 3.05) is 18.8 Å². The van der Waals surface area contributed by atoms with Crippen molar-refractivity contribution in [2.24, 2.45) is 0 Å². The summed E-state index contributed by atoms with van der Waals surface area (Å²) in [4.78, 5) is 14.4. The summed E-state index contributed by atoms with van der Waals surface area (Å²) in [5, 5.41) is 9.53. The lowest BCUT2D eigenvalue weighted by Gasteiger charge is -2.26. The van der Waals surface area contributed by atoms with Crippen LogP contribution in [0.15, 0.2) is 28.0 Å². The van der Waals surface area contributed by atoms with Crippen LogP contribution in [0, 0.1) is 0 Å². The zero-order valence-corrected chi connectivity index (χ0v) is 14.5. The van der Waals surface area contributed by atoms with Crippen LogP contribution < -0.4 is 0 Å². The number of likely N-dealkylation sites (tertiary alicyclic amines) is 1. The minimum absolute atomic E-state index is 0.209. The maximum Gasteiger partial charge on any atom is 0.233 e. The van der Waals surface area contributed by atoms with Gasteiger partial charge in [-0.25, -0.2) is 0 Å². The molecular formula is C17H22N4O2S. The van der Waals surface area contributed by atoms with Gasteiger partial charge in [-0.1, -0.05) is 11.8 Å². The van der Waals surface area contributed by atoms with Gasteiger partial charge in [0, 0.05) is 19.0 Å². The summed E-state index contributed by atoms with van der Waals surface area (Å²) in [6.45, 7) is 2.42. The first kappa shape index (κ1) is 15.7. The van der Waals surface area contributed by atoms with Crippen LogP contribution in [0.5, 0.6) is 0 Å². The Morgan fingerprint density at radius 2 is 2.08 bits per heavy atom. The van der Waals surface area contributed by atoms with E-state index in [1.54, 1.807) is 6.26 Å². The molecule has 0 spiro atoms. The Hall–Kier alpha value is -1.76. The van der Waals surface area contributed by atoms with Crippen LogP contribution in [0.25, 0.3) is 0 Å². The topological polar surface area (TPSA) is 64.2 Å². The molecule has 1 saturated carbocycles. The molecule has 0 unspecified atom stereocenters. The van der Waals surface area contributed by atoms with E-state index in [1.165, 1.54) is 31.0 Å². The van der Waals surface area contributed by atoms with Crippen LogP contribution in [-0.2, 0) is 11.3 Å². The monoisotopic (exact) mass is 346 g/mol. The number of thioether (sulfide) groups is 1. The smallest absolute Gasteiger partial charge is 0.233 e. The number of carbonyl (C=O) groups is 1. The average molecular weight is 346 g/mol. The number of piperidine rings is 1. The van der Waals surface area contributed by atoms with Crippen molar-refractivity contribution in [1.82, 2.24) is 19.7 Å². The Labute approximate surface area is 145 Å². The Bertz CT molecular complexity index is 688. The molecule has 4 rings (SSSR count). The predicted molar refractivity (Wildman–Crippen MR) is 91.0 cm³/mol. The summed E-state index contributed by atoms with van der Waals surface area (Å²) >= 11 is 1.49. The van der Waals surface area contributed by atoms with Crippen LogP contribution >= 0.6 is 11.8 Å². The fourth-order valence-corrected chi connectivity index (χ4v) is 3.97. The second kappa shape index (κ2) is 7.01. The third-order valence-electron chi connectivity index (χ3n) is 4.62. The number of rotatable bonds is 6. The van der Waals surface area contributed by atoms with Gasteiger partial charge in [0.2, 0.25) is 5.91 Å². The van der Waals surface area contributed by atoms with Gasteiger partial charge in [0.15, 0.2) is 5.16 Å². The highest BCUT2D eigenvalue weighted by atomic mass is 32.2. The number of hydrogen-bond donors (Lipinski definition) is 0. The molecule has 0 bridgehead atoms. The van der Waals surface area contributed by atoms with Gasteiger partial charge in [0.1, 0.15) is 11.6 Å². The number of hydrogen-bond acceptors (Lipinski definition) is 5. The summed E-state index contributed by atoms with van der Waals surface area (Å²) in [6.07, 6.45) is 7.51. The Morgan fingerprint density at radius 1 is 1.25 bits per heavy atom. The molecule has 0 radical (unpaired) electrons. The van der Waals surface area contributed by atoms with Crippen molar-refractivity contribution in [3.63, 3.8) is 0 Å². The molecule has 6 nitrogen and oxygen atoms in total. The molecule has 1 saturated heterocycles. The van der Waals surface area contributed by atoms with Crippen molar-refractivity contribution in [2.45, 2.75) is 49.7 Å². The summed E-state index contributed by atoms with van der Waals surface area (Å²) in [5.74, 6) is 3.07. The molecule has 2 fully saturated rings. The van der Waals surface area contributed by atoms with Crippen LogP contribution in [0.2, 0.25) is 0 Å². The highest BCUT2D eigenvalue weighted by molar-refractivity contribution is 7.99. The average Bonchev–Trinajstić information content (AvgIpc) is 3.18. The number of nitrogens with zero attached hydrogens (tertiary/aromatic N) is 4. The van der Waals surface area contributed by atoms with E-state index in [9.17, 15) is 4.79 Å². The van der Waals surface area contributed by atoms with Crippen molar-refractivity contribution < 1.29 is 9.21 Å². The van der Waals surface area contributed by atoms with Gasteiger partial charge in [0.05, 0.1) is 18.6 Å². The lowest BCUT2D eigenvalue weighted by molar-refractivity contribution is -0.129. The zero-order valence-electron chi connectivity index (χ0n) is 13.7. The molecule has 1 amide bonds. The number of amides is 1. The van der Waals surface area contributed by atoms with Gasteiger partial charge in [-0.05, 0) is 44.2 Å². The maximum atomic E-state index is 12.4. The fourth-order valence-electron chi connectivity index (χ4n) is 3.12. The zero-order chi connectivity index (χ0) is 16.4. The highest BCUT2D eigenvalue weighted by Gasteiger charge is 2.31. The summed E-state index contributed by atoms with van der Waals surface area (Å²) < 4.78 is 7.59. The maximum absolute atomic E-state index is 12.4. The first-order chi connectivity index (χ1) is 11.8. The molecule has 7 heteroatoms. The van der Waals surface area contributed by atoms with E-state index < -0.39 is 0 Å². The molecule has 128 valence electrons. The van der Waals surface area contributed by atoms with Gasteiger partial charge >= 0.3 is 0 Å². The highest BCUT2D eigenvalue weighted by Crippen LogP contribution is 2.40. The molecule has 24 heavy (non-hydrogen) atoms. The van der Waals surface area contributed by atoms with Gasteiger partial charge < -0.3 is 9.32 Å². The molecule has 2 aliphatic rings. The number of aromatic nitrogens is 3. The molecule has 2 aromatic rings. The molecule has 2 aromatic heterocycles. The minimum atomic E-state index is 0.209. The van der Waals surface area contributed by atoms with Crippen LogP contribution in [0.3, 0.4) is 0 Å². The molecule has 1 aliphatic heterocycles. The first-order valence-corrected chi connectivity index (χ1v) is 9.66. The molecule has 3 heterocycles. The first-order valence-electron chi connectivity index (χ1n) is 8.67. The van der Waals surface area contributed by atoms with E-state index in [4.69, 9.17) is 4.42 Å². The quantitative estimate of drug-likeness (QED) is 0.753. The SMILES string of the molecule is O=C(CSc1nnc(C2CC2)n1Cc1ccco1)N1CCCCC1. The Balaban J connectivity index is 1.45. The number of furan rings is 1. The van der Waals surface area contributed by atoms with E-state index >= 15 is 0 Å². The molecule has 0 N–H and O–H groups in total. The third kappa shape index (κ3) is 3.50. The van der Waals surface area contributed by atoms with Gasteiger partial charge in [-0.2, -0.15) is 0 Å². The summed E-state index contributed by atoms with van der Waals surface area (Å²) in [5.41, 5.74) is 0. The minimum Gasteiger partial charge on any atom is -0.467 e. The lowest BCUT2D eigenvalue weighted by Crippen LogP contribution is -2.36. The van der Waals surface area contributed by atoms with Crippen molar-refractivity contribution in [3.8, 4) is 0 Å². The normalized spacial score (nSPS) is 18.1. The number of carbonyl (C=O) groups excluding carboxylic acids is 1. The van der Waals surface area contributed by atoms with E-state index in [0.29, 0.717) is 18.2 Å². The van der Waals surface area contributed by atoms with Gasteiger partial charge in [-0.3, -0.25) is 9.36 Å². The van der Waals surface area contributed by atoms with Crippen LogP contribution in [-0.4, -0.2) is 44.4 Å². The molecule has 1 aliphatic carbocycles. The molecule has 0 aromatic carbocycles. The van der Waals surface area contributed by atoms with Gasteiger partial charge in [-0.15, -0.1) is 10.2 Å². The standard InChI is InChI=1S/C17H22N4O2S/c22-15(20-8-2-1-3-9-20)12-24-17-19-18-16(13-6-7-13)21(17)11-14-5-4-10-23-14/h4-5,10,13H,1-3,6-9,11-12H2. The van der Waals surface area contributed by atoms with E-state index in [1.807, 2.05) is 17.0 Å². The van der Waals surface area contributed by atoms with Gasteiger partial charge in [0.25, 0.3) is 0 Å². The Kier molecular flexibility index (Phi) is 4.60.